The van der Waals surface area contributed by atoms with Crippen molar-refractivity contribution in [3.63, 3.8) is 0 Å². The van der Waals surface area contributed by atoms with Gasteiger partial charge in [-0.25, -0.2) is 0 Å². The topological polar surface area (TPSA) is 93.8 Å². The van der Waals surface area contributed by atoms with Crippen molar-refractivity contribution in [2.45, 2.75) is 45.6 Å². The van der Waals surface area contributed by atoms with Crippen LogP contribution in [0.1, 0.15) is 56.8 Å². The first kappa shape index (κ1) is 14.6. The summed E-state index contributed by atoms with van der Waals surface area (Å²) in [4.78, 5) is 16.4. The van der Waals surface area contributed by atoms with Crippen LogP contribution in [0, 0.1) is 0 Å². The summed E-state index contributed by atoms with van der Waals surface area (Å²) in [5.41, 5.74) is -0.708. The van der Waals surface area contributed by atoms with Crippen LogP contribution < -0.4 is 5.32 Å². The quantitative estimate of drug-likeness (QED) is 0.929. The molecule has 0 fully saturated rings. The van der Waals surface area contributed by atoms with E-state index >= 15 is 0 Å². The number of hydrogen-bond donors (Lipinski definition) is 1. The fourth-order valence-corrected chi connectivity index (χ4v) is 1.86. The molecule has 108 valence electrons. The van der Waals surface area contributed by atoms with E-state index in [0.717, 1.165) is 11.7 Å². The molecule has 2 aromatic rings. The Hall–Kier alpha value is -1.83. The maximum Gasteiger partial charge on any atom is 0.273 e. The van der Waals surface area contributed by atoms with Crippen LogP contribution in [0.5, 0.6) is 0 Å². The van der Waals surface area contributed by atoms with Crippen molar-refractivity contribution < 1.29 is 9.32 Å². The zero-order valence-electron chi connectivity index (χ0n) is 12.1. The molecule has 2 aromatic heterocycles. The normalized spacial score (nSPS) is 12.4. The summed E-state index contributed by atoms with van der Waals surface area (Å²) in [7, 11) is 0. The third kappa shape index (κ3) is 3.01. The molecule has 1 N–H and O–H groups in total. The van der Waals surface area contributed by atoms with Gasteiger partial charge in [0.05, 0.1) is 23.5 Å². The highest BCUT2D eigenvalue weighted by atomic mass is 32.1. The van der Waals surface area contributed by atoms with E-state index in [9.17, 15) is 4.79 Å². The number of amides is 1. The number of hydrogen-bond acceptors (Lipinski definition) is 7. The summed E-state index contributed by atoms with van der Waals surface area (Å²) in [5.74, 6) is 0.648. The second kappa shape index (κ2) is 4.93. The summed E-state index contributed by atoms with van der Waals surface area (Å²) in [6.07, 6.45) is 1.42. The number of rotatable bonds is 3. The van der Waals surface area contributed by atoms with Gasteiger partial charge in [-0.15, -0.1) is 0 Å². The summed E-state index contributed by atoms with van der Waals surface area (Å²) in [6, 6.07) is 0. The van der Waals surface area contributed by atoms with Crippen LogP contribution in [0.4, 0.5) is 0 Å². The fourth-order valence-electron chi connectivity index (χ4n) is 1.45. The molecule has 0 saturated carbocycles. The van der Waals surface area contributed by atoms with Crippen LogP contribution in [0.3, 0.4) is 0 Å². The number of nitrogens with zero attached hydrogens (tertiary/aromatic N) is 4. The molecule has 7 nitrogen and oxygen atoms in total. The molecule has 0 saturated heterocycles. The molecule has 0 aliphatic rings. The van der Waals surface area contributed by atoms with E-state index in [1.807, 2.05) is 34.6 Å². The van der Waals surface area contributed by atoms with E-state index in [1.54, 1.807) is 0 Å². The predicted molar refractivity (Wildman–Crippen MR) is 73.4 cm³/mol. The highest BCUT2D eigenvalue weighted by molar-refractivity contribution is 6.99. The molecule has 0 aliphatic heterocycles. The van der Waals surface area contributed by atoms with Gasteiger partial charge < -0.3 is 9.84 Å². The van der Waals surface area contributed by atoms with Gasteiger partial charge in [-0.1, -0.05) is 25.9 Å². The van der Waals surface area contributed by atoms with Crippen molar-refractivity contribution in [1.82, 2.24) is 24.2 Å². The van der Waals surface area contributed by atoms with Crippen molar-refractivity contribution in [3.05, 3.63) is 23.6 Å². The molecule has 0 unspecified atom stereocenters. The maximum absolute atomic E-state index is 12.0. The van der Waals surface area contributed by atoms with Gasteiger partial charge in [-0.05, 0) is 13.8 Å². The lowest BCUT2D eigenvalue weighted by Crippen LogP contribution is -2.42. The maximum atomic E-state index is 12.0. The Kier molecular flexibility index (Phi) is 3.59. The van der Waals surface area contributed by atoms with Crippen molar-refractivity contribution in [2.75, 3.05) is 0 Å². The minimum absolute atomic E-state index is 0.232. The zero-order chi connectivity index (χ0) is 15.0. The number of aromatic nitrogens is 4. The Labute approximate surface area is 121 Å². The molecular weight excluding hydrogens is 278 g/mol. The summed E-state index contributed by atoms with van der Waals surface area (Å²) in [5, 5.41) is 6.77. The molecule has 0 aliphatic carbocycles. The zero-order valence-corrected chi connectivity index (χ0v) is 12.9. The van der Waals surface area contributed by atoms with Crippen molar-refractivity contribution in [1.29, 1.82) is 0 Å². The molecule has 1 amide bonds. The average molecular weight is 295 g/mol. The predicted octanol–water partition coefficient (Wildman–Crippen LogP) is 1.88. The van der Waals surface area contributed by atoms with Gasteiger partial charge in [0.1, 0.15) is 0 Å². The highest BCUT2D eigenvalue weighted by Crippen LogP contribution is 2.24. The van der Waals surface area contributed by atoms with Gasteiger partial charge in [-0.2, -0.15) is 13.7 Å². The highest BCUT2D eigenvalue weighted by Gasteiger charge is 2.32. The lowest BCUT2D eigenvalue weighted by molar-refractivity contribution is 0.0903. The molecular formula is C12H17N5O2S. The van der Waals surface area contributed by atoms with Gasteiger partial charge >= 0.3 is 0 Å². The Bertz CT molecular complexity index is 598. The third-order valence-corrected chi connectivity index (χ3v) is 3.12. The van der Waals surface area contributed by atoms with Crippen LogP contribution in [-0.4, -0.2) is 24.8 Å². The average Bonchev–Trinajstić information content (AvgIpc) is 3.00. The summed E-state index contributed by atoms with van der Waals surface area (Å²) in [6.45, 7) is 9.56. The first-order valence-electron chi connectivity index (χ1n) is 6.15. The molecule has 0 radical (unpaired) electrons. The standard InChI is InChI=1S/C12H17N5O2S/c1-11(2,3)10-14-9(16-19-10)12(4,5)15-8(18)7-6-13-20-17-7/h6H,1-5H3,(H,15,18). The second-order valence-electron chi connectivity index (χ2n) is 6.04. The van der Waals surface area contributed by atoms with E-state index in [4.69, 9.17) is 4.52 Å². The number of carbonyl (C=O) groups excluding carboxylic acids is 1. The number of nitrogens with one attached hydrogen (secondary N) is 1. The van der Waals surface area contributed by atoms with E-state index in [-0.39, 0.29) is 17.0 Å². The van der Waals surface area contributed by atoms with Gasteiger partial charge in [-0.3, -0.25) is 4.79 Å². The Morgan fingerprint density at radius 2 is 2.00 bits per heavy atom. The lowest BCUT2D eigenvalue weighted by Gasteiger charge is -2.21. The first-order valence-corrected chi connectivity index (χ1v) is 6.88. The van der Waals surface area contributed by atoms with Crippen LogP contribution in [-0.2, 0) is 11.0 Å². The van der Waals surface area contributed by atoms with Crippen LogP contribution in [0.25, 0.3) is 0 Å². The summed E-state index contributed by atoms with van der Waals surface area (Å²) >= 11 is 0.987. The van der Waals surface area contributed by atoms with Gasteiger partial charge in [0.2, 0.25) is 5.89 Å². The molecule has 0 bridgehead atoms. The third-order valence-electron chi connectivity index (χ3n) is 2.65. The summed E-state index contributed by atoms with van der Waals surface area (Å²) < 4.78 is 12.9. The van der Waals surface area contributed by atoms with E-state index in [1.165, 1.54) is 6.20 Å². The molecule has 0 aromatic carbocycles. The molecule has 0 spiro atoms. The first-order chi connectivity index (χ1) is 9.20. The minimum Gasteiger partial charge on any atom is -0.339 e. The second-order valence-corrected chi connectivity index (χ2v) is 6.60. The molecule has 0 atom stereocenters. The van der Waals surface area contributed by atoms with Crippen molar-refractivity contribution >= 4 is 17.6 Å². The van der Waals surface area contributed by atoms with Crippen LogP contribution in [0.2, 0.25) is 0 Å². The smallest absolute Gasteiger partial charge is 0.273 e. The van der Waals surface area contributed by atoms with Gasteiger partial charge in [0.15, 0.2) is 11.5 Å². The van der Waals surface area contributed by atoms with Crippen molar-refractivity contribution in [2.24, 2.45) is 0 Å². The van der Waals surface area contributed by atoms with E-state index in [0.29, 0.717) is 11.7 Å². The Morgan fingerprint density at radius 3 is 2.50 bits per heavy atom. The number of carbonyl (C=O) groups is 1. The minimum atomic E-state index is -0.756. The van der Waals surface area contributed by atoms with E-state index in [2.05, 4.69) is 24.2 Å². The Morgan fingerprint density at radius 1 is 1.30 bits per heavy atom. The van der Waals surface area contributed by atoms with Gasteiger partial charge in [0, 0.05) is 5.41 Å². The largest absolute Gasteiger partial charge is 0.339 e. The van der Waals surface area contributed by atoms with Gasteiger partial charge in [0.25, 0.3) is 5.91 Å². The monoisotopic (exact) mass is 295 g/mol. The fraction of sp³-hybridized carbons (Fsp3) is 0.583. The van der Waals surface area contributed by atoms with Crippen molar-refractivity contribution in [3.8, 4) is 0 Å². The molecule has 2 heterocycles. The lowest BCUT2D eigenvalue weighted by atomic mass is 9.97. The van der Waals surface area contributed by atoms with Crippen LogP contribution >= 0.6 is 11.7 Å². The van der Waals surface area contributed by atoms with Crippen LogP contribution in [0.15, 0.2) is 10.7 Å². The SMILES string of the molecule is CC(C)(C)c1nc(C(C)(C)NC(=O)c2cnsn2)no1. The molecule has 2 rings (SSSR count). The molecule has 20 heavy (non-hydrogen) atoms. The Balaban J connectivity index is 2.18. The molecule has 8 heteroatoms. The van der Waals surface area contributed by atoms with E-state index < -0.39 is 5.54 Å².